The second-order valence-corrected chi connectivity index (χ2v) is 12.4. The molecule has 2 N–H and O–H groups in total. The second kappa shape index (κ2) is 11.4. The van der Waals surface area contributed by atoms with Gasteiger partial charge in [-0.2, -0.15) is 8.42 Å². The zero-order chi connectivity index (χ0) is 29.3. The van der Waals surface area contributed by atoms with E-state index in [1.807, 2.05) is 55.5 Å². The molecule has 0 saturated heterocycles. The van der Waals surface area contributed by atoms with Crippen LogP contribution in [-0.2, 0) is 16.4 Å². The normalized spacial score (nSPS) is 14.9. The van der Waals surface area contributed by atoms with E-state index in [0.717, 1.165) is 30.2 Å². The topological polar surface area (TPSA) is 122 Å². The van der Waals surface area contributed by atoms with Crippen LogP contribution in [0.3, 0.4) is 0 Å². The molecule has 1 saturated carbocycles. The Morgan fingerprint density at radius 1 is 1.00 bits per heavy atom. The summed E-state index contributed by atoms with van der Waals surface area (Å²) in [5.74, 6) is -0.00812. The van der Waals surface area contributed by atoms with Gasteiger partial charge in [-0.3, -0.25) is 4.72 Å². The van der Waals surface area contributed by atoms with E-state index in [2.05, 4.69) is 14.7 Å². The van der Waals surface area contributed by atoms with E-state index >= 15 is 0 Å². The van der Waals surface area contributed by atoms with Crippen molar-refractivity contribution in [3.63, 3.8) is 0 Å². The van der Waals surface area contributed by atoms with Gasteiger partial charge in [-0.15, -0.1) is 0 Å². The van der Waals surface area contributed by atoms with Gasteiger partial charge >= 0.3 is 5.63 Å². The van der Waals surface area contributed by atoms with E-state index in [0.29, 0.717) is 28.9 Å². The molecule has 2 aromatic heterocycles. The Balaban J connectivity index is 1.30. The average molecular weight is 582 g/mol. The largest absolute Gasteiger partial charge is 0.507 e. The first kappa shape index (κ1) is 27.7. The molecule has 8 nitrogen and oxygen atoms in total. The van der Waals surface area contributed by atoms with Crippen LogP contribution in [0.2, 0.25) is 0 Å². The molecule has 1 aliphatic carbocycles. The fourth-order valence-electron chi connectivity index (χ4n) is 5.53. The van der Waals surface area contributed by atoms with Gasteiger partial charge in [0.25, 0.3) is 15.2 Å². The zero-order valence-electron chi connectivity index (χ0n) is 23.1. The number of fused-ring (bicyclic) bond motifs is 1. The van der Waals surface area contributed by atoms with Crippen molar-refractivity contribution in [2.24, 2.45) is 5.92 Å². The molecule has 3 aromatic carbocycles. The van der Waals surface area contributed by atoms with Crippen LogP contribution in [0, 0.1) is 5.92 Å². The van der Waals surface area contributed by atoms with Crippen molar-refractivity contribution in [1.82, 2.24) is 9.97 Å². The summed E-state index contributed by atoms with van der Waals surface area (Å²) in [5, 5.41) is 11.6. The lowest BCUT2D eigenvalue weighted by Gasteiger charge is -2.20. The Morgan fingerprint density at radius 3 is 2.50 bits per heavy atom. The lowest BCUT2D eigenvalue weighted by molar-refractivity contribution is 0.379. The summed E-state index contributed by atoms with van der Waals surface area (Å²) in [4.78, 5) is 21.7. The molecule has 0 amide bonds. The summed E-state index contributed by atoms with van der Waals surface area (Å²) in [6.07, 6.45) is 4.68. The Labute approximate surface area is 244 Å². The third-order valence-corrected chi connectivity index (χ3v) is 9.00. The van der Waals surface area contributed by atoms with E-state index in [-0.39, 0.29) is 28.3 Å². The third-order valence-electron chi connectivity index (χ3n) is 7.82. The zero-order valence-corrected chi connectivity index (χ0v) is 23.9. The predicted octanol–water partition coefficient (Wildman–Crippen LogP) is 6.37. The highest BCUT2D eigenvalue weighted by molar-refractivity contribution is 7.92. The van der Waals surface area contributed by atoms with Crippen molar-refractivity contribution in [2.75, 3.05) is 4.72 Å². The Hall–Kier alpha value is -4.50. The van der Waals surface area contributed by atoms with Gasteiger partial charge in [0.1, 0.15) is 11.5 Å². The molecule has 1 aliphatic rings. The van der Waals surface area contributed by atoms with Gasteiger partial charge < -0.3 is 9.52 Å². The van der Waals surface area contributed by atoms with Crippen LogP contribution in [0.15, 0.2) is 105 Å². The average Bonchev–Trinajstić information content (AvgIpc) is 3.83. The minimum Gasteiger partial charge on any atom is -0.507 e. The number of aromatic nitrogens is 2. The highest BCUT2D eigenvalue weighted by Gasteiger charge is 2.38. The second-order valence-electron chi connectivity index (χ2n) is 10.8. The number of aromatic hydroxyl groups is 1. The maximum atomic E-state index is 13.4. The summed E-state index contributed by atoms with van der Waals surface area (Å²) in [6, 6.07) is 25.6. The van der Waals surface area contributed by atoms with E-state index in [9.17, 15) is 18.3 Å². The molecule has 42 heavy (non-hydrogen) atoms. The summed E-state index contributed by atoms with van der Waals surface area (Å²) >= 11 is 0. The fraction of sp³-hybridized carbons (Fsp3) is 0.242. The van der Waals surface area contributed by atoms with Crippen LogP contribution in [0.4, 0.5) is 5.69 Å². The third kappa shape index (κ3) is 5.78. The van der Waals surface area contributed by atoms with Gasteiger partial charge in [0.2, 0.25) is 0 Å². The smallest absolute Gasteiger partial charge is 0.343 e. The number of anilines is 1. The highest BCUT2D eigenvalue weighted by atomic mass is 32.2. The molecule has 0 bridgehead atoms. The molecule has 1 fully saturated rings. The van der Waals surface area contributed by atoms with Gasteiger partial charge in [-0.25, -0.2) is 14.8 Å². The van der Waals surface area contributed by atoms with Crippen molar-refractivity contribution in [3.05, 3.63) is 124 Å². The molecule has 0 spiro atoms. The number of nitrogens with one attached hydrogen (secondary N) is 1. The Bertz CT molecular complexity index is 1900. The summed E-state index contributed by atoms with van der Waals surface area (Å²) in [5.41, 5.74) is 2.31. The lowest BCUT2D eigenvalue weighted by atomic mass is 9.86. The fourth-order valence-corrected chi connectivity index (χ4v) is 6.46. The van der Waals surface area contributed by atoms with Gasteiger partial charge in [0.15, 0.2) is 0 Å². The molecular formula is C33H31N3O5S. The van der Waals surface area contributed by atoms with Crippen molar-refractivity contribution >= 4 is 26.6 Å². The maximum absolute atomic E-state index is 13.4. The molecule has 9 heteroatoms. The van der Waals surface area contributed by atoms with Gasteiger partial charge in [0.05, 0.1) is 11.1 Å². The molecule has 2 unspecified atom stereocenters. The number of para-hydroxylation sites is 1. The van der Waals surface area contributed by atoms with Crippen LogP contribution in [0.5, 0.6) is 5.75 Å². The van der Waals surface area contributed by atoms with Gasteiger partial charge in [-0.1, -0.05) is 67.6 Å². The van der Waals surface area contributed by atoms with Crippen molar-refractivity contribution in [3.8, 4) is 5.75 Å². The van der Waals surface area contributed by atoms with Crippen LogP contribution >= 0.6 is 0 Å². The Morgan fingerprint density at radius 2 is 1.76 bits per heavy atom. The molecule has 0 aliphatic heterocycles. The standard InChI is InChI=1S/C33H31N3O5S/c1-2-22(17-21-9-4-3-5-10-21)29-19-28(37)31(32(38)41-29)30(23-15-16-23)24-12-8-13-26(18-24)36-42(39,40)33-34-20-25-11-6-7-14-27(25)35-33/h3-14,18-20,22-23,30,36-37H,2,15-17H2,1H3. The number of hydrogen-bond acceptors (Lipinski definition) is 7. The summed E-state index contributed by atoms with van der Waals surface area (Å²) in [6.45, 7) is 2.03. The van der Waals surface area contributed by atoms with Gasteiger partial charge in [0, 0.05) is 35.2 Å². The molecule has 0 radical (unpaired) electrons. The first-order valence-electron chi connectivity index (χ1n) is 14.1. The molecule has 6 rings (SSSR count). The molecule has 2 atom stereocenters. The van der Waals surface area contributed by atoms with Crippen molar-refractivity contribution < 1.29 is 17.9 Å². The molecule has 2 heterocycles. The quantitative estimate of drug-likeness (QED) is 0.184. The van der Waals surface area contributed by atoms with Crippen LogP contribution < -0.4 is 10.3 Å². The monoisotopic (exact) mass is 581 g/mol. The number of rotatable bonds is 10. The number of nitrogens with zero attached hydrogens (tertiary/aromatic N) is 2. The van der Waals surface area contributed by atoms with Crippen LogP contribution in [-0.4, -0.2) is 23.5 Å². The molecule has 214 valence electrons. The lowest BCUT2D eigenvalue weighted by Crippen LogP contribution is -2.19. The van der Waals surface area contributed by atoms with Crippen LogP contribution in [0.25, 0.3) is 10.9 Å². The van der Waals surface area contributed by atoms with Crippen LogP contribution in [0.1, 0.15) is 60.5 Å². The SMILES string of the molecule is CCC(Cc1ccccc1)c1cc(O)c(C(c2cccc(NS(=O)(=O)c3ncc4ccccc4n3)c2)C2CC2)c(=O)o1. The first-order chi connectivity index (χ1) is 20.3. The number of sulfonamides is 1. The number of hydrogen-bond donors (Lipinski definition) is 2. The van der Waals surface area contributed by atoms with Gasteiger partial charge in [-0.05, 0) is 60.9 Å². The first-order valence-corrected chi connectivity index (χ1v) is 15.6. The van der Waals surface area contributed by atoms with E-state index < -0.39 is 21.6 Å². The summed E-state index contributed by atoms with van der Waals surface area (Å²) < 4.78 is 34.8. The van der Waals surface area contributed by atoms with Crippen molar-refractivity contribution in [1.29, 1.82) is 0 Å². The molecular weight excluding hydrogens is 550 g/mol. The minimum absolute atomic E-state index is 0.0607. The highest BCUT2D eigenvalue weighted by Crippen LogP contribution is 2.48. The minimum atomic E-state index is -4.08. The van der Waals surface area contributed by atoms with E-state index in [4.69, 9.17) is 4.42 Å². The predicted molar refractivity (Wildman–Crippen MR) is 161 cm³/mol. The Kier molecular flexibility index (Phi) is 7.51. The van der Waals surface area contributed by atoms with E-state index in [1.165, 1.54) is 6.20 Å². The number of benzene rings is 3. The maximum Gasteiger partial charge on any atom is 0.343 e. The van der Waals surface area contributed by atoms with Crippen molar-refractivity contribution in [2.45, 2.75) is 49.6 Å². The molecule has 5 aromatic rings. The summed E-state index contributed by atoms with van der Waals surface area (Å²) in [7, 11) is -4.08. The van der Waals surface area contributed by atoms with E-state index in [1.54, 1.807) is 36.4 Å².